The van der Waals surface area contributed by atoms with E-state index in [1.807, 2.05) is 0 Å². The van der Waals surface area contributed by atoms with E-state index in [0.717, 1.165) is 31.3 Å². The number of aliphatic hydroxyl groups is 1. The first-order chi connectivity index (χ1) is 15.1. The number of hydrogen-bond acceptors (Lipinski definition) is 5. The fraction of sp³-hybridized carbons (Fsp3) is 0.350. The van der Waals surface area contributed by atoms with E-state index in [1.54, 1.807) is 5.32 Å². The summed E-state index contributed by atoms with van der Waals surface area (Å²) in [6, 6.07) is -2.47. The van der Waals surface area contributed by atoms with E-state index in [-0.39, 0.29) is 52.3 Å². The van der Waals surface area contributed by atoms with Gasteiger partial charge in [0.15, 0.2) is 17.4 Å². The molecule has 1 aliphatic carbocycles. The zero-order chi connectivity index (χ0) is 23.5. The van der Waals surface area contributed by atoms with Crippen molar-refractivity contribution < 1.29 is 65.8 Å². The van der Waals surface area contributed by atoms with Crippen LogP contribution in [-0.2, 0) is 0 Å². The van der Waals surface area contributed by atoms with Crippen LogP contribution in [0.4, 0.5) is 32.4 Å². The largest absolute Gasteiger partial charge is 1.00 e. The maximum absolute atomic E-state index is 13.8. The van der Waals surface area contributed by atoms with Crippen LogP contribution in [0.5, 0.6) is 0 Å². The summed E-state index contributed by atoms with van der Waals surface area (Å²) in [6.07, 6.45) is 2.86. The molecule has 0 bridgehead atoms. The molecule has 0 radical (unpaired) electrons. The van der Waals surface area contributed by atoms with Crippen molar-refractivity contribution in [1.82, 2.24) is 15.3 Å². The second-order valence-corrected chi connectivity index (χ2v) is 7.09. The van der Waals surface area contributed by atoms with Crippen molar-refractivity contribution in [2.45, 2.75) is 44.5 Å². The van der Waals surface area contributed by atoms with Crippen molar-refractivity contribution in [3.8, 4) is 0 Å². The van der Waals surface area contributed by atoms with E-state index < -0.39 is 41.2 Å². The number of hydrogen-bond donors (Lipinski definition) is 3. The maximum Gasteiger partial charge on any atom is 1.00 e. The van der Waals surface area contributed by atoms with E-state index in [2.05, 4.69) is 21.6 Å². The number of alkyl halides is 3. The Morgan fingerprint density at radius 1 is 1.24 bits per heavy atom. The van der Waals surface area contributed by atoms with Gasteiger partial charge in [-0.1, -0.05) is 12.4 Å². The summed E-state index contributed by atoms with van der Waals surface area (Å²) in [5, 5.41) is 12.1. The Labute approximate surface area is 207 Å². The molecule has 0 saturated heterocycles. The number of rotatable bonds is 3. The molecule has 1 aliphatic rings. The quantitative estimate of drug-likeness (QED) is 0.300. The summed E-state index contributed by atoms with van der Waals surface area (Å²) in [7, 11) is 0. The van der Waals surface area contributed by atoms with E-state index in [1.165, 1.54) is 13.3 Å². The van der Waals surface area contributed by atoms with Crippen LogP contribution in [0.3, 0.4) is 0 Å². The number of aromatic nitrogens is 2. The number of urea groups is 1. The SMILES string of the molecule is Cc1c(C(NC(=O)Nc2cn[c-]nc2)C(F)(F)F)oc2c(F)cc(F)cc12.OC1CCC1.[Na+]. The molecule has 2 aromatic heterocycles. The predicted octanol–water partition coefficient (Wildman–Crippen LogP) is 1.57. The number of aryl methyl sites for hydroxylation is 1. The summed E-state index contributed by atoms with van der Waals surface area (Å²) in [4.78, 5) is 18.9. The van der Waals surface area contributed by atoms with Crippen LogP contribution in [-0.4, -0.2) is 33.4 Å². The van der Waals surface area contributed by atoms with E-state index in [4.69, 9.17) is 9.52 Å². The summed E-state index contributed by atoms with van der Waals surface area (Å²) in [6.45, 7) is 1.21. The average molecular weight is 480 g/mol. The van der Waals surface area contributed by atoms with Crippen molar-refractivity contribution in [3.63, 3.8) is 0 Å². The van der Waals surface area contributed by atoms with Gasteiger partial charge in [-0.3, -0.25) is 0 Å². The van der Waals surface area contributed by atoms with Gasteiger partial charge in [-0.25, -0.2) is 13.6 Å². The van der Waals surface area contributed by atoms with Gasteiger partial charge in [0.1, 0.15) is 11.6 Å². The van der Waals surface area contributed by atoms with Crippen molar-refractivity contribution >= 4 is 22.7 Å². The monoisotopic (exact) mass is 480 g/mol. The molecule has 1 saturated carbocycles. The molecule has 4 rings (SSSR count). The predicted molar refractivity (Wildman–Crippen MR) is 103 cm³/mol. The first kappa shape index (κ1) is 27.0. The molecule has 1 unspecified atom stereocenters. The van der Waals surface area contributed by atoms with Gasteiger partial charge in [0.2, 0.25) is 0 Å². The molecule has 172 valence electrons. The van der Waals surface area contributed by atoms with Gasteiger partial charge in [-0.2, -0.15) is 13.2 Å². The number of nitrogens with one attached hydrogen (secondary N) is 2. The zero-order valence-corrected chi connectivity index (χ0v) is 19.6. The third-order valence-corrected chi connectivity index (χ3v) is 4.71. The first-order valence-corrected chi connectivity index (χ1v) is 9.44. The molecule has 33 heavy (non-hydrogen) atoms. The second-order valence-electron chi connectivity index (χ2n) is 7.09. The van der Waals surface area contributed by atoms with E-state index in [0.29, 0.717) is 6.07 Å². The number of aliphatic hydroxyl groups excluding tert-OH is 1. The smallest absolute Gasteiger partial charge is 0.455 e. The number of anilines is 1. The minimum atomic E-state index is -4.97. The summed E-state index contributed by atoms with van der Waals surface area (Å²) in [5.41, 5.74) is -0.655. The minimum Gasteiger partial charge on any atom is -0.455 e. The second kappa shape index (κ2) is 11.2. The van der Waals surface area contributed by atoms with Gasteiger partial charge in [0.25, 0.3) is 0 Å². The van der Waals surface area contributed by atoms with Gasteiger partial charge in [-0.15, -0.1) is 0 Å². The van der Waals surface area contributed by atoms with Gasteiger partial charge in [0, 0.05) is 23.3 Å². The van der Waals surface area contributed by atoms with Crippen LogP contribution in [0.1, 0.15) is 36.6 Å². The Morgan fingerprint density at radius 3 is 2.36 bits per heavy atom. The minimum absolute atomic E-state index is 0. The average Bonchev–Trinajstić information content (AvgIpc) is 3.01. The number of fused-ring (bicyclic) bond motifs is 1. The van der Waals surface area contributed by atoms with Crippen molar-refractivity contribution in [1.29, 1.82) is 0 Å². The van der Waals surface area contributed by atoms with Crippen LogP contribution in [0.2, 0.25) is 0 Å². The fourth-order valence-electron chi connectivity index (χ4n) is 2.85. The Kier molecular flexibility index (Phi) is 9.18. The Balaban J connectivity index is 0.000000568. The van der Waals surface area contributed by atoms with Crippen molar-refractivity contribution in [2.24, 2.45) is 0 Å². The summed E-state index contributed by atoms with van der Waals surface area (Å²) >= 11 is 0. The van der Waals surface area contributed by atoms with Crippen LogP contribution < -0.4 is 40.2 Å². The van der Waals surface area contributed by atoms with Gasteiger partial charge >= 0.3 is 41.8 Å². The molecular formula is C20H18F5N4NaO3. The molecule has 0 spiro atoms. The summed E-state index contributed by atoms with van der Waals surface area (Å²) < 4.78 is 72.7. The molecule has 3 aromatic rings. The third kappa shape index (κ3) is 6.85. The molecule has 13 heteroatoms. The molecule has 1 aromatic carbocycles. The Morgan fingerprint density at radius 2 is 1.85 bits per heavy atom. The van der Waals surface area contributed by atoms with Crippen LogP contribution in [0.15, 0.2) is 28.9 Å². The van der Waals surface area contributed by atoms with Crippen LogP contribution >= 0.6 is 0 Å². The number of nitrogens with zero attached hydrogens (tertiary/aromatic N) is 2. The standard InChI is InChI=1S/C16H10F5N4O2.C4H8O.Na/c1-7-10-2-8(17)3-11(18)13(10)27-12(7)14(16(19,20)21)25-15(26)24-9-4-22-6-23-5-9;5-4-2-1-3-4;/h2-5,14H,1H3,(H2,24,25,26);4-5H,1-3H2;/q-1;;+1. The van der Waals surface area contributed by atoms with Gasteiger partial charge < -0.3 is 30.1 Å². The number of halogens is 5. The maximum atomic E-state index is 13.8. The summed E-state index contributed by atoms with van der Waals surface area (Å²) in [5.74, 6) is -2.87. The molecule has 7 nitrogen and oxygen atoms in total. The molecule has 1 fully saturated rings. The van der Waals surface area contributed by atoms with Crippen LogP contribution in [0.25, 0.3) is 11.0 Å². The number of carbonyl (C=O) groups is 1. The Hall–Kier alpha value is -2.28. The van der Waals surface area contributed by atoms with Gasteiger partial charge in [0.05, 0.1) is 6.10 Å². The zero-order valence-electron chi connectivity index (χ0n) is 17.6. The number of carbonyl (C=O) groups excluding carboxylic acids is 1. The molecule has 2 amide bonds. The number of furan rings is 1. The number of benzene rings is 1. The van der Waals surface area contributed by atoms with Crippen molar-refractivity contribution in [3.05, 3.63) is 53.8 Å². The molecule has 3 N–H and O–H groups in total. The van der Waals surface area contributed by atoms with Gasteiger partial charge in [-0.05, 0) is 37.9 Å². The first-order valence-electron chi connectivity index (χ1n) is 9.44. The fourth-order valence-corrected chi connectivity index (χ4v) is 2.85. The number of amides is 2. The van der Waals surface area contributed by atoms with Crippen LogP contribution in [0, 0.1) is 24.9 Å². The van der Waals surface area contributed by atoms with E-state index >= 15 is 0 Å². The normalized spacial score (nSPS) is 14.4. The topological polar surface area (TPSA) is 100 Å². The molecular weight excluding hydrogens is 462 g/mol. The third-order valence-electron chi connectivity index (χ3n) is 4.71. The molecule has 1 atom stereocenters. The molecule has 2 heterocycles. The Bertz CT molecular complexity index is 1090. The molecule has 0 aliphatic heterocycles. The van der Waals surface area contributed by atoms with Crippen molar-refractivity contribution in [2.75, 3.05) is 5.32 Å². The van der Waals surface area contributed by atoms with E-state index in [9.17, 15) is 26.7 Å².